The van der Waals surface area contributed by atoms with E-state index >= 15 is 0 Å². The second-order valence-corrected chi connectivity index (χ2v) is 6.09. The van der Waals surface area contributed by atoms with E-state index in [0.29, 0.717) is 4.88 Å². The zero-order valence-electron chi connectivity index (χ0n) is 13.4. The molecule has 0 saturated heterocycles. The molecular formula is C17H18N2O4S. The lowest BCUT2D eigenvalue weighted by molar-refractivity contribution is -0.126. The van der Waals surface area contributed by atoms with Crippen LogP contribution in [0.4, 0.5) is 5.69 Å². The van der Waals surface area contributed by atoms with E-state index in [1.54, 1.807) is 17.5 Å². The molecule has 1 aromatic carbocycles. The number of aryl methyl sites for hydroxylation is 2. The van der Waals surface area contributed by atoms with Crippen LogP contribution in [0.1, 0.15) is 20.8 Å². The number of hydrogen-bond donors (Lipinski definition) is 2. The largest absolute Gasteiger partial charge is 0.451 e. The predicted octanol–water partition coefficient (Wildman–Crippen LogP) is 2.28. The summed E-state index contributed by atoms with van der Waals surface area (Å²) in [7, 11) is 0. The molecule has 0 saturated carbocycles. The molecule has 0 aliphatic carbocycles. The Kier molecular flexibility index (Phi) is 6.08. The lowest BCUT2D eigenvalue weighted by Gasteiger charge is -2.12. The van der Waals surface area contributed by atoms with Crippen LogP contribution < -0.4 is 10.6 Å². The maximum atomic E-state index is 11.9. The number of carbonyl (C=O) groups excluding carboxylic acids is 3. The first kappa shape index (κ1) is 17.7. The minimum Gasteiger partial charge on any atom is -0.451 e. The van der Waals surface area contributed by atoms with Crippen molar-refractivity contribution < 1.29 is 19.1 Å². The number of para-hydroxylation sites is 1. The number of thiophene rings is 1. The normalized spacial score (nSPS) is 10.1. The van der Waals surface area contributed by atoms with E-state index in [1.165, 1.54) is 11.3 Å². The number of benzene rings is 1. The van der Waals surface area contributed by atoms with Crippen LogP contribution in [0.25, 0.3) is 0 Å². The van der Waals surface area contributed by atoms with Gasteiger partial charge >= 0.3 is 5.97 Å². The zero-order valence-corrected chi connectivity index (χ0v) is 14.2. The highest BCUT2D eigenvalue weighted by molar-refractivity contribution is 7.11. The minimum atomic E-state index is -0.555. The fourth-order valence-electron chi connectivity index (χ4n) is 2.02. The van der Waals surface area contributed by atoms with E-state index in [2.05, 4.69) is 10.6 Å². The summed E-state index contributed by atoms with van der Waals surface area (Å²) >= 11 is 1.23. The number of amides is 2. The van der Waals surface area contributed by atoms with Crippen molar-refractivity contribution in [1.29, 1.82) is 0 Å². The molecule has 2 rings (SSSR count). The average molecular weight is 346 g/mol. The van der Waals surface area contributed by atoms with Gasteiger partial charge in [-0.2, -0.15) is 0 Å². The van der Waals surface area contributed by atoms with Gasteiger partial charge in [-0.1, -0.05) is 24.3 Å². The number of anilines is 1. The Labute approximate surface area is 143 Å². The molecule has 0 atom stereocenters. The van der Waals surface area contributed by atoms with Gasteiger partial charge < -0.3 is 15.4 Å². The Balaban J connectivity index is 1.75. The molecule has 0 spiro atoms. The van der Waals surface area contributed by atoms with E-state index in [4.69, 9.17) is 4.74 Å². The van der Waals surface area contributed by atoms with Gasteiger partial charge in [-0.15, -0.1) is 11.3 Å². The van der Waals surface area contributed by atoms with E-state index in [9.17, 15) is 14.4 Å². The maximum Gasteiger partial charge on any atom is 0.348 e. The molecule has 0 aliphatic rings. The molecule has 0 bridgehead atoms. The van der Waals surface area contributed by atoms with Crippen molar-refractivity contribution in [1.82, 2.24) is 5.32 Å². The predicted molar refractivity (Wildman–Crippen MR) is 92.2 cm³/mol. The van der Waals surface area contributed by atoms with Gasteiger partial charge in [0.1, 0.15) is 4.88 Å². The van der Waals surface area contributed by atoms with E-state index in [1.807, 2.05) is 32.0 Å². The quantitative estimate of drug-likeness (QED) is 0.786. The molecule has 0 unspecified atom stereocenters. The van der Waals surface area contributed by atoms with Gasteiger partial charge in [0.25, 0.3) is 5.91 Å². The van der Waals surface area contributed by atoms with Crippen LogP contribution >= 0.6 is 11.3 Å². The van der Waals surface area contributed by atoms with Crippen LogP contribution in [0.5, 0.6) is 0 Å². The van der Waals surface area contributed by atoms with Crippen molar-refractivity contribution in [3.05, 3.63) is 51.7 Å². The van der Waals surface area contributed by atoms with Crippen LogP contribution in [0, 0.1) is 13.8 Å². The molecule has 2 N–H and O–H groups in total. The number of carbonyl (C=O) groups is 3. The molecule has 2 amide bonds. The van der Waals surface area contributed by atoms with Crippen molar-refractivity contribution in [2.45, 2.75) is 13.8 Å². The highest BCUT2D eigenvalue weighted by atomic mass is 32.1. The number of ether oxygens (including phenoxy) is 1. The van der Waals surface area contributed by atoms with Crippen molar-refractivity contribution in [3.63, 3.8) is 0 Å². The van der Waals surface area contributed by atoms with Crippen LogP contribution in [0.3, 0.4) is 0 Å². The van der Waals surface area contributed by atoms with Gasteiger partial charge in [0, 0.05) is 5.69 Å². The first-order valence-electron chi connectivity index (χ1n) is 7.31. The van der Waals surface area contributed by atoms with E-state index < -0.39 is 18.5 Å². The Morgan fingerprint density at radius 3 is 2.38 bits per heavy atom. The van der Waals surface area contributed by atoms with Crippen molar-refractivity contribution in [3.8, 4) is 0 Å². The van der Waals surface area contributed by atoms with Gasteiger partial charge in [0.05, 0.1) is 6.54 Å². The molecule has 0 aliphatic heterocycles. The lowest BCUT2D eigenvalue weighted by Crippen LogP contribution is -2.35. The summed E-state index contributed by atoms with van der Waals surface area (Å²) in [5, 5.41) is 6.92. The summed E-state index contributed by atoms with van der Waals surface area (Å²) in [5.41, 5.74) is 2.62. The molecule has 2 aromatic rings. The van der Waals surface area contributed by atoms with Gasteiger partial charge in [-0.3, -0.25) is 9.59 Å². The van der Waals surface area contributed by atoms with Gasteiger partial charge in [0.2, 0.25) is 5.91 Å². The minimum absolute atomic E-state index is 0.191. The van der Waals surface area contributed by atoms with Crippen molar-refractivity contribution >= 4 is 34.8 Å². The van der Waals surface area contributed by atoms with Gasteiger partial charge in [-0.25, -0.2) is 4.79 Å². The summed E-state index contributed by atoms with van der Waals surface area (Å²) in [6.45, 7) is 3.17. The van der Waals surface area contributed by atoms with E-state index in [-0.39, 0.29) is 12.5 Å². The van der Waals surface area contributed by atoms with Crippen LogP contribution in [-0.2, 0) is 14.3 Å². The SMILES string of the molecule is Cc1cccc(C)c1NC(=O)CNC(=O)COC(=O)c1cccs1. The van der Waals surface area contributed by atoms with E-state index in [0.717, 1.165) is 16.8 Å². The Bertz CT molecular complexity index is 721. The molecule has 6 nitrogen and oxygen atoms in total. The maximum absolute atomic E-state index is 11.9. The molecule has 1 aromatic heterocycles. The van der Waals surface area contributed by atoms with Crippen LogP contribution in [0.2, 0.25) is 0 Å². The smallest absolute Gasteiger partial charge is 0.348 e. The van der Waals surface area contributed by atoms with Crippen LogP contribution in [-0.4, -0.2) is 30.9 Å². The second kappa shape index (κ2) is 8.26. The lowest BCUT2D eigenvalue weighted by atomic mass is 10.1. The average Bonchev–Trinajstić information content (AvgIpc) is 3.09. The van der Waals surface area contributed by atoms with Crippen molar-refractivity contribution in [2.24, 2.45) is 0 Å². The summed E-state index contributed by atoms with van der Waals surface area (Å²) < 4.78 is 4.86. The Hall–Kier alpha value is -2.67. The first-order valence-corrected chi connectivity index (χ1v) is 8.18. The Morgan fingerprint density at radius 1 is 1.04 bits per heavy atom. The topological polar surface area (TPSA) is 84.5 Å². The molecule has 7 heteroatoms. The highest BCUT2D eigenvalue weighted by Crippen LogP contribution is 2.18. The summed E-state index contributed by atoms with van der Waals surface area (Å²) in [4.78, 5) is 35.6. The second-order valence-electron chi connectivity index (χ2n) is 5.15. The molecule has 1 heterocycles. The summed E-state index contributed by atoms with van der Waals surface area (Å²) in [6.07, 6.45) is 0. The zero-order chi connectivity index (χ0) is 17.5. The molecule has 0 radical (unpaired) electrons. The summed E-state index contributed by atoms with van der Waals surface area (Å²) in [6, 6.07) is 9.03. The standard InChI is InChI=1S/C17H18N2O4S/c1-11-5-3-6-12(2)16(11)19-14(20)9-18-15(21)10-23-17(22)13-7-4-8-24-13/h3-8H,9-10H2,1-2H3,(H,18,21)(H,19,20). The third kappa shape index (κ3) is 4.92. The Morgan fingerprint density at radius 2 is 1.75 bits per heavy atom. The van der Waals surface area contributed by atoms with Gasteiger partial charge in [0.15, 0.2) is 6.61 Å². The fraction of sp³-hybridized carbons (Fsp3) is 0.235. The monoisotopic (exact) mass is 346 g/mol. The number of esters is 1. The van der Waals surface area contributed by atoms with Crippen LogP contribution in [0.15, 0.2) is 35.7 Å². The molecule has 0 fully saturated rings. The number of hydrogen-bond acceptors (Lipinski definition) is 5. The molecular weight excluding hydrogens is 328 g/mol. The molecule has 126 valence electrons. The van der Waals surface area contributed by atoms with Crippen molar-refractivity contribution in [2.75, 3.05) is 18.5 Å². The first-order chi connectivity index (χ1) is 11.5. The third-order valence-corrected chi connectivity index (χ3v) is 4.10. The molecule has 24 heavy (non-hydrogen) atoms. The number of rotatable bonds is 6. The highest BCUT2D eigenvalue weighted by Gasteiger charge is 2.12. The fourth-order valence-corrected chi connectivity index (χ4v) is 2.64. The third-order valence-electron chi connectivity index (χ3n) is 3.25. The van der Waals surface area contributed by atoms with Gasteiger partial charge in [-0.05, 0) is 36.4 Å². The summed E-state index contributed by atoms with van der Waals surface area (Å²) in [5.74, 6) is -1.43. The number of nitrogens with one attached hydrogen (secondary N) is 2.